The molecule has 1 fully saturated rings. The van der Waals surface area contributed by atoms with E-state index in [1.54, 1.807) is 20.8 Å². The van der Waals surface area contributed by atoms with Crippen LogP contribution < -0.4 is 10.7 Å². The van der Waals surface area contributed by atoms with E-state index in [0.717, 1.165) is 5.56 Å². The molecule has 3 amide bonds. The zero-order valence-corrected chi connectivity index (χ0v) is 20.7. The Balaban J connectivity index is 2.31. The molecule has 2 N–H and O–H groups in total. The Morgan fingerprint density at radius 2 is 1.87 bits per heavy atom. The van der Waals surface area contributed by atoms with Crippen LogP contribution in [0, 0.1) is 0 Å². The lowest BCUT2D eigenvalue weighted by Crippen LogP contribution is -2.53. The summed E-state index contributed by atoms with van der Waals surface area (Å²) in [5.41, 5.74) is 2.97. The van der Waals surface area contributed by atoms with Gasteiger partial charge >= 0.3 is 12.1 Å². The van der Waals surface area contributed by atoms with Gasteiger partial charge in [-0.05, 0) is 39.7 Å². The molecule has 3 atom stereocenters. The Morgan fingerprint density at radius 3 is 2.42 bits per heavy atom. The highest BCUT2D eigenvalue weighted by Gasteiger charge is 2.39. The van der Waals surface area contributed by atoms with Gasteiger partial charge in [-0.15, -0.1) is 0 Å². The molecule has 0 spiro atoms. The minimum absolute atomic E-state index is 0.138. The van der Waals surface area contributed by atoms with Crippen molar-refractivity contribution in [1.82, 2.24) is 15.8 Å². The van der Waals surface area contributed by atoms with Crippen LogP contribution in [0.4, 0.5) is 9.59 Å². The number of carbonyl (C=O) groups is 2. The molecule has 1 aliphatic rings. The quantitative estimate of drug-likeness (QED) is 0.488. The van der Waals surface area contributed by atoms with E-state index in [2.05, 4.69) is 30.4 Å². The minimum Gasteiger partial charge on any atom is -0.442 e. The van der Waals surface area contributed by atoms with Crippen molar-refractivity contribution in [3.8, 4) is 0 Å². The molecule has 1 aliphatic heterocycles. The first kappa shape index (κ1) is 25.2. The molecule has 0 aliphatic carbocycles. The third-order valence-corrected chi connectivity index (χ3v) is 6.32. The number of carbonyl (C=O) groups excluding carboxylic acids is 2. The summed E-state index contributed by atoms with van der Waals surface area (Å²) in [5, 5.41) is 4.14. The molecule has 1 aromatic rings. The van der Waals surface area contributed by atoms with Gasteiger partial charge in [0, 0.05) is 6.61 Å². The largest absolute Gasteiger partial charge is 0.442 e. The van der Waals surface area contributed by atoms with Gasteiger partial charge in [0.15, 0.2) is 0 Å². The number of hydrogen-bond acceptors (Lipinski definition) is 5. The van der Waals surface area contributed by atoms with Crippen molar-refractivity contribution < 1.29 is 23.8 Å². The number of hydrogen-bond donors (Lipinski definition) is 2. The Labute approximate surface area is 186 Å². The van der Waals surface area contributed by atoms with E-state index in [4.69, 9.17) is 14.2 Å². The topological polar surface area (TPSA) is 89.1 Å². The summed E-state index contributed by atoms with van der Waals surface area (Å²) in [4.78, 5) is 25.3. The Hall–Kier alpha value is -2.10. The lowest BCUT2D eigenvalue weighted by Gasteiger charge is -2.35. The monoisotopic (exact) mass is 451 g/mol. The number of nitrogens with zero attached hydrogens (tertiary/aromatic N) is 1. The molecule has 0 aromatic heterocycles. The molecule has 0 bridgehead atoms. The molecule has 1 aromatic carbocycles. The summed E-state index contributed by atoms with van der Waals surface area (Å²) in [6, 6.07) is 9.05. The number of nitrogens with one attached hydrogen (secondary N) is 2. The van der Waals surface area contributed by atoms with Gasteiger partial charge in [-0.3, -0.25) is 0 Å². The molecule has 2 rings (SSSR count). The fourth-order valence-corrected chi connectivity index (χ4v) is 4.45. The first-order valence-corrected chi connectivity index (χ1v) is 14.4. The molecule has 0 radical (unpaired) electrons. The van der Waals surface area contributed by atoms with E-state index in [1.165, 1.54) is 5.01 Å². The highest BCUT2D eigenvalue weighted by molar-refractivity contribution is 6.77. The number of urea groups is 1. The van der Waals surface area contributed by atoms with Crippen molar-refractivity contribution in [2.75, 3.05) is 13.2 Å². The third-order valence-electron chi connectivity index (χ3n) is 4.60. The molecule has 9 heteroatoms. The average Bonchev–Trinajstić information content (AvgIpc) is 2.79. The van der Waals surface area contributed by atoms with E-state index in [9.17, 15) is 9.59 Å². The van der Waals surface area contributed by atoms with Crippen LogP contribution in [0.5, 0.6) is 0 Å². The summed E-state index contributed by atoms with van der Waals surface area (Å²) >= 11 is 0. The summed E-state index contributed by atoms with van der Waals surface area (Å²) in [6.07, 6.45) is -0.557. The predicted molar refractivity (Wildman–Crippen MR) is 122 cm³/mol. The fourth-order valence-electron chi connectivity index (χ4n) is 3.20. The number of hydrazine groups is 1. The van der Waals surface area contributed by atoms with Crippen LogP contribution in [0.1, 0.15) is 33.3 Å². The molecular weight excluding hydrogens is 414 g/mol. The van der Waals surface area contributed by atoms with Gasteiger partial charge in [-0.1, -0.05) is 50.0 Å². The minimum atomic E-state index is -1.85. The van der Waals surface area contributed by atoms with E-state index in [-0.39, 0.29) is 18.5 Å². The van der Waals surface area contributed by atoms with Crippen LogP contribution in [0.2, 0.25) is 19.6 Å². The average molecular weight is 452 g/mol. The summed E-state index contributed by atoms with van der Waals surface area (Å²) in [7, 11) is -1.85. The maximum absolute atomic E-state index is 12.7. The van der Waals surface area contributed by atoms with Crippen molar-refractivity contribution in [1.29, 1.82) is 0 Å². The van der Waals surface area contributed by atoms with Crippen molar-refractivity contribution in [3.05, 3.63) is 35.9 Å². The molecule has 31 heavy (non-hydrogen) atoms. The number of benzene rings is 1. The van der Waals surface area contributed by atoms with Crippen molar-refractivity contribution in [3.63, 3.8) is 0 Å². The molecular formula is C22H37N3O5Si. The van der Waals surface area contributed by atoms with Crippen LogP contribution in [0.15, 0.2) is 30.3 Å². The summed E-state index contributed by atoms with van der Waals surface area (Å²) < 4.78 is 17.8. The van der Waals surface area contributed by atoms with Crippen LogP contribution in [0.3, 0.4) is 0 Å². The van der Waals surface area contributed by atoms with E-state index < -0.39 is 31.9 Å². The zero-order chi connectivity index (χ0) is 23.2. The molecule has 1 saturated heterocycles. The molecule has 8 nitrogen and oxygen atoms in total. The first-order valence-electron chi connectivity index (χ1n) is 10.8. The van der Waals surface area contributed by atoms with Gasteiger partial charge in [-0.25, -0.2) is 20.0 Å². The zero-order valence-electron chi connectivity index (χ0n) is 19.7. The Bertz CT molecular complexity index is 733. The SMILES string of the molecule is CCOC(O[C@@H]1CN(C(=O)OC(C)(C)C)NC(=O)N[C@@H]1Cc1ccccc1)[Si](C)(C)C. The van der Waals surface area contributed by atoms with Gasteiger partial charge in [0.1, 0.15) is 25.7 Å². The van der Waals surface area contributed by atoms with E-state index >= 15 is 0 Å². The van der Waals surface area contributed by atoms with E-state index in [1.807, 2.05) is 37.3 Å². The van der Waals surface area contributed by atoms with Crippen molar-refractivity contribution >= 4 is 20.2 Å². The first-order chi connectivity index (χ1) is 14.4. The van der Waals surface area contributed by atoms with Gasteiger partial charge in [-0.2, -0.15) is 0 Å². The summed E-state index contributed by atoms with van der Waals surface area (Å²) in [6.45, 7) is 14.4. The molecule has 174 valence electrons. The fraction of sp³-hybridized carbons (Fsp3) is 0.636. The normalized spacial score (nSPS) is 21.0. The standard InChI is InChI=1S/C22H37N3O5Si/c1-8-28-21(31(5,6)7)29-18-15-25(20(27)30-22(2,3)4)24-19(26)23-17(18)14-16-12-10-9-11-13-16/h9-13,17-18,21H,8,14-15H2,1-7H3,(H2,23,24,26)/t17-,18-,21?/m1/s1. The summed E-state index contributed by atoms with van der Waals surface area (Å²) in [5.74, 6) is -0.378. The van der Waals surface area contributed by atoms with Crippen LogP contribution in [0.25, 0.3) is 0 Å². The highest BCUT2D eigenvalue weighted by Crippen LogP contribution is 2.21. The Kier molecular flexibility index (Phi) is 8.50. The Morgan fingerprint density at radius 1 is 1.23 bits per heavy atom. The van der Waals surface area contributed by atoms with Gasteiger partial charge in [0.2, 0.25) is 0 Å². The van der Waals surface area contributed by atoms with Crippen molar-refractivity contribution in [2.45, 2.75) is 77.4 Å². The molecule has 1 heterocycles. The maximum Gasteiger partial charge on any atom is 0.429 e. The van der Waals surface area contributed by atoms with Crippen LogP contribution in [-0.2, 0) is 20.6 Å². The van der Waals surface area contributed by atoms with Gasteiger partial charge < -0.3 is 19.5 Å². The second kappa shape index (κ2) is 10.5. The number of amides is 3. The van der Waals surface area contributed by atoms with Gasteiger partial charge in [0.05, 0.1) is 12.6 Å². The molecule has 0 saturated carbocycles. The predicted octanol–water partition coefficient (Wildman–Crippen LogP) is 3.69. The van der Waals surface area contributed by atoms with Crippen LogP contribution >= 0.6 is 0 Å². The third kappa shape index (κ3) is 8.16. The lowest BCUT2D eigenvalue weighted by atomic mass is 10.0. The van der Waals surface area contributed by atoms with E-state index in [0.29, 0.717) is 13.0 Å². The second-order valence-electron chi connectivity index (χ2n) is 9.80. The van der Waals surface area contributed by atoms with Crippen LogP contribution in [-0.4, -0.2) is 62.0 Å². The number of ether oxygens (including phenoxy) is 3. The number of rotatable bonds is 7. The molecule has 1 unspecified atom stereocenters. The van der Waals surface area contributed by atoms with Crippen molar-refractivity contribution in [2.24, 2.45) is 0 Å². The maximum atomic E-state index is 12.7. The smallest absolute Gasteiger partial charge is 0.429 e. The highest BCUT2D eigenvalue weighted by atomic mass is 28.3. The second-order valence-corrected chi connectivity index (χ2v) is 15.0. The van der Waals surface area contributed by atoms with Gasteiger partial charge in [0.25, 0.3) is 0 Å². The lowest BCUT2D eigenvalue weighted by molar-refractivity contribution is -0.137.